The van der Waals surface area contributed by atoms with Gasteiger partial charge in [0.1, 0.15) is 12.4 Å². The Balaban J connectivity index is 1.93. The zero-order valence-electron chi connectivity index (χ0n) is 17.0. The lowest BCUT2D eigenvalue weighted by Gasteiger charge is -2.16. The highest BCUT2D eigenvalue weighted by Gasteiger charge is 2.12. The van der Waals surface area contributed by atoms with E-state index < -0.39 is 0 Å². The number of nitriles is 2. The maximum atomic E-state index is 10.9. The molecule has 0 spiro atoms. The monoisotopic (exact) mass is 409 g/mol. The van der Waals surface area contributed by atoms with Gasteiger partial charge in [0.05, 0.1) is 17.7 Å². The molecule has 0 aliphatic heterocycles. The maximum Gasteiger partial charge on any atom is 0.229 e. The predicted molar refractivity (Wildman–Crippen MR) is 120 cm³/mol. The molecular formula is C23H19N7O. The summed E-state index contributed by atoms with van der Waals surface area (Å²) >= 11 is 0. The van der Waals surface area contributed by atoms with Crippen molar-refractivity contribution >= 4 is 29.2 Å². The van der Waals surface area contributed by atoms with Crippen molar-refractivity contribution in [1.29, 1.82) is 10.5 Å². The maximum absolute atomic E-state index is 10.9. The summed E-state index contributed by atoms with van der Waals surface area (Å²) in [6.07, 6.45) is 4.73. The van der Waals surface area contributed by atoms with Crippen molar-refractivity contribution in [2.45, 2.75) is 20.4 Å². The van der Waals surface area contributed by atoms with Crippen molar-refractivity contribution in [3.05, 3.63) is 81.4 Å². The predicted octanol–water partition coefficient (Wildman–Crippen LogP) is 5.26. The Morgan fingerprint density at radius 2 is 1.81 bits per heavy atom. The highest BCUT2D eigenvalue weighted by Crippen LogP contribution is 2.28. The minimum absolute atomic E-state index is 0.0689. The molecule has 2 aromatic carbocycles. The van der Waals surface area contributed by atoms with Crippen LogP contribution in [-0.2, 0) is 6.54 Å². The number of aromatic nitrogens is 2. The number of hydrogen-bond acceptors (Lipinski definition) is 8. The van der Waals surface area contributed by atoms with Crippen LogP contribution in [0.3, 0.4) is 0 Å². The quantitative estimate of drug-likeness (QED) is 0.403. The number of nitrogens with zero attached hydrogens (tertiary/aromatic N) is 5. The molecule has 1 heterocycles. The Hall–Kier alpha value is -4.56. The van der Waals surface area contributed by atoms with Crippen LogP contribution >= 0.6 is 0 Å². The van der Waals surface area contributed by atoms with Crippen LogP contribution in [0.4, 0.5) is 23.1 Å². The smallest absolute Gasteiger partial charge is 0.229 e. The molecule has 0 radical (unpaired) electrons. The van der Waals surface area contributed by atoms with Crippen LogP contribution in [0, 0.1) is 41.4 Å². The van der Waals surface area contributed by atoms with Crippen LogP contribution < -0.4 is 10.6 Å². The SMILES string of the molecule is Cc1cc(/C=C/C#N)cc(C)c1Nc1nc(Nc2ccc(C#N)cc2)ncc1CN=O. The normalized spacial score (nSPS) is 10.3. The van der Waals surface area contributed by atoms with Crippen LogP contribution in [0.2, 0.25) is 0 Å². The Morgan fingerprint density at radius 1 is 1.10 bits per heavy atom. The average molecular weight is 409 g/mol. The van der Waals surface area contributed by atoms with E-state index in [1.807, 2.05) is 32.0 Å². The molecule has 0 atom stereocenters. The van der Waals surface area contributed by atoms with E-state index in [0.29, 0.717) is 22.9 Å². The van der Waals surface area contributed by atoms with Crippen LogP contribution in [0.5, 0.6) is 0 Å². The molecule has 31 heavy (non-hydrogen) atoms. The van der Waals surface area contributed by atoms with Gasteiger partial charge in [0.2, 0.25) is 5.95 Å². The van der Waals surface area contributed by atoms with Crippen LogP contribution in [0.15, 0.2) is 53.8 Å². The molecule has 3 rings (SSSR count). The van der Waals surface area contributed by atoms with E-state index in [1.165, 1.54) is 6.08 Å². The fourth-order valence-corrected chi connectivity index (χ4v) is 3.06. The molecule has 8 nitrogen and oxygen atoms in total. The second kappa shape index (κ2) is 9.77. The first kappa shape index (κ1) is 21.2. The van der Waals surface area contributed by atoms with Gasteiger partial charge >= 0.3 is 0 Å². The van der Waals surface area contributed by atoms with Crippen molar-refractivity contribution in [2.24, 2.45) is 5.18 Å². The van der Waals surface area contributed by atoms with E-state index in [9.17, 15) is 4.91 Å². The molecule has 0 amide bonds. The van der Waals surface area contributed by atoms with Gasteiger partial charge in [-0.05, 0) is 73.0 Å². The van der Waals surface area contributed by atoms with Crippen LogP contribution in [-0.4, -0.2) is 9.97 Å². The summed E-state index contributed by atoms with van der Waals surface area (Å²) in [6.45, 7) is 3.84. The third-order valence-electron chi connectivity index (χ3n) is 4.52. The molecule has 0 saturated carbocycles. The minimum atomic E-state index is -0.0689. The van der Waals surface area contributed by atoms with Crippen molar-refractivity contribution in [3.63, 3.8) is 0 Å². The third-order valence-corrected chi connectivity index (χ3v) is 4.52. The molecule has 0 fully saturated rings. The minimum Gasteiger partial charge on any atom is -0.339 e. The van der Waals surface area contributed by atoms with E-state index in [0.717, 1.165) is 28.1 Å². The summed E-state index contributed by atoms with van der Waals surface area (Å²) < 4.78 is 0. The third kappa shape index (κ3) is 5.28. The standard InChI is InChI=1S/C23H19N7O/c1-15-10-18(4-3-9-24)11-16(2)21(15)29-22-19(14-27-31)13-26-23(30-22)28-20-7-5-17(12-25)6-8-20/h3-8,10-11,13H,14H2,1-2H3,(H2,26,28,29,30)/b4-3+. The van der Waals surface area contributed by atoms with Gasteiger partial charge in [0.15, 0.2) is 0 Å². The van der Waals surface area contributed by atoms with Crippen LogP contribution in [0.25, 0.3) is 6.08 Å². The molecule has 0 saturated heterocycles. The molecule has 152 valence electrons. The Kier molecular flexibility index (Phi) is 6.67. The first-order valence-electron chi connectivity index (χ1n) is 9.40. The molecule has 0 bridgehead atoms. The zero-order chi connectivity index (χ0) is 22.2. The van der Waals surface area contributed by atoms with Crippen molar-refractivity contribution in [2.75, 3.05) is 10.6 Å². The van der Waals surface area contributed by atoms with E-state index in [4.69, 9.17) is 10.5 Å². The molecule has 1 aromatic heterocycles. The van der Waals surface area contributed by atoms with E-state index in [1.54, 1.807) is 36.5 Å². The van der Waals surface area contributed by atoms with E-state index in [-0.39, 0.29) is 6.54 Å². The summed E-state index contributed by atoms with van der Waals surface area (Å²) in [6, 6.07) is 14.9. The fraction of sp³-hybridized carbons (Fsp3) is 0.130. The average Bonchev–Trinajstić information content (AvgIpc) is 2.77. The number of nitrogens with one attached hydrogen (secondary N) is 2. The number of benzene rings is 2. The number of rotatable bonds is 7. The molecule has 0 unspecified atom stereocenters. The molecule has 3 aromatic rings. The van der Waals surface area contributed by atoms with Crippen molar-refractivity contribution in [1.82, 2.24) is 9.97 Å². The molecule has 0 aliphatic rings. The highest BCUT2D eigenvalue weighted by molar-refractivity contribution is 5.70. The number of aryl methyl sites for hydroxylation is 2. The van der Waals surface area contributed by atoms with Crippen molar-refractivity contribution < 1.29 is 0 Å². The van der Waals surface area contributed by atoms with E-state index >= 15 is 0 Å². The lowest BCUT2D eigenvalue weighted by atomic mass is 10.0. The van der Waals surface area contributed by atoms with Gasteiger partial charge in [-0.15, -0.1) is 0 Å². The number of nitroso groups, excluding NO2 is 1. The highest BCUT2D eigenvalue weighted by atomic mass is 16.3. The number of anilines is 4. The lowest BCUT2D eigenvalue weighted by Crippen LogP contribution is -2.06. The second-order valence-electron chi connectivity index (χ2n) is 6.79. The molecule has 2 N–H and O–H groups in total. The summed E-state index contributed by atoms with van der Waals surface area (Å²) in [5, 5.41) is 27.0. The lowest BCUT2D eigenvalue weighted by molar-refractivity contribution is 1.01. The van der Waals surface area contributed by atoms with Gasteiger partial charge in [0.25, 0.3) is 0 Å². The van der Waals surface area contributed by atoms with Gasteiger partial charge in [-0.25, -0.2) is 4.98 Å². The summed E-state index contributed by atoms with van der Waals surface area (Å²) in [5.74, 6) is 0.808. The van der Waals surface area contributed by atoms with Gasteiger partial charge in [-0.1, -0.05) is 5.18 Å². The topological polar surface area (TPSA) is 127 Å². The molecular weight excluding hydrogens is 390 g/mol. The van der Waals surface area contributed by atoms with Gasteiger partial charge < -0.3 is 10.6 Å². The summed E-state index contributed by atoms with van der Waals surface area (Å²) in [4.78, 5) is 19.7. The zero-order valence-corrected chi connectivity index (χ0v) is 17.0. The van der Waals surface area contributed by atoms with Crippen LogP contribution in [0.1, 0.15) is 27.8 Å². The Morgan fingerprint density at radius 3 is 2.42 bits per heavy atom. The fourth-order valence-electron chi connectivity index (χ4n) is 3.06. The Labute approximate surface area is 179 Å². The van der Waals surface area contributed by atoms with Gasteiger partial charge in [-0.3, -0.25) is 0 Å². The van der Waals surface area contributed by atoms with E-state index in [2.05, 4.69) is 31.8 Å². The second-order valence-corrected chi connectivity index (χ2v) is 6.79. The van der Waals surface area contributed by atoms with Gasteiger partial charge in [-0.2, -0.15) is 20.4 Å². The van der Waals surface area contributed by atoms with Gasteiger partial charge in [0, 0.05) is 29.2 Å². The van der Waals surface area contributed by atoms with Crippen molar-refractivity contribution in [3.8, 4) is 12.1 Å². The first-order chi connectivity index (χ1) is 15.0. The Bertz CT molecular complexity index is 1200. The summed E-state index contributed by atoms with van der Waals surface area (Å²) in [7, 11) is 0. The molecule has 8 heteroatoms. The first-order valence-corrected chi connectivity index (χ1v) is 9.40. The summed E-state index contributed by atoms with van der Waals surface area (Å²) in [5.41, 5.74) is 5.54. The number of allylic oxidation sites excluding steroid dienone is 1. The largest absolute Gasteiger partial charge is 0.339 e. The molecule has 0 aliphatic carbocycles. The number of hydrogen-bond donors (Lipinski definition) is 2.